The highest BCUT2D eigenvalue weighted by atomic mass is 32.2. The van der Waals surface area contributed by atoms with E-state index in [0.29, 0.717) is 0 Å². The van der Waals surface area contributed by atoms with Crippen molar-refractivity contribution < 1.29 is 30.7 Å². The van der Waals surface area contributed by atoms with E-state index in [2.05, 4.69) is 0 Å². The van der Waals surface area contributed by atoms with E-state index >= 15 is 4.39 Å². The van der Waals surface area contributed by atoms with Crippen molar-refractivity contribution in [3.05, 3.63) is 72.8 Å². The maximum Gasteiger partial charge on any atom is 0.399 e. The normalized spacial score (nSPS) is 26.0. The third-order valence-corrected chi connectivity index (χ3v) is 6.48. The maximum atomic E-state index is 15.6. The summed E-state index contributed by atoms with van der Waals surface area (Å²) in [5, 5.41) is -4.03. The van der Waals surface area contributed by atoms with Crippen molar-refractivity contribution in [2.24, 2.45) is 0 Å². The molecule has 0 fully saturated rings. The van der Waals surface area contributed by atoms with E-state index in [1.54, 1.807) is 12.1 Å². The lowest BCUT2D eigenvalue weighted by atomic mass is 9.93. The minimum Gasteiger partial charge on any atom is -0.195 e. The van der Waals surface area contributed by atoms with Crippen molar-refractivity contribution in [1.82, 2.24) is 0 Å². The Kier molecular flexibility index (Phi) is 4.37. The van der Waals surface area contributed by atoms with Crippen LogP contribution in [0.25, 0.3) is 0 Å². The molecule has 0 aromatic heterocycles. The second kappa shape index (κ2) is 6.04. The minimum atomic E-state index is -5.88. The van der Waals surface area contributed by atoms with Gasteiger partial charge in [-0.25, -0.2) is 0 Å². The molecule has 8 heteroatoms. The molecular formula is C18H12F7S+. The highest BCUT2D eigenvalue weighted by Crippen LogP contribution is 2.60. The third kappa shape index (κ3) is 2.53. The fraction of sp³-hybridized carbons (Fsp3) is 0.222. The van der Waals surface area contributed by atoms with Gasteiger partial charge in [0.1, 0.15) is 10.9 Å². The topological polar surface area (TPSA) is 0 Å². The molecule has 0 saturated carbocycles. The Labute approximate surface area is 147 Å². The van der Waals surface area contributed by atoms with Crippen LogP contribution >= 0.6 is 0 Å². The van der Waals surface area contributed by atoms with E-state index in [1.165, 1.54) is 48.5 Å². The Morgan fingerprint density at radius 1 is 0.538 bits per heavy atom. The van der Waals surface area contributed by atoms with Crippen molar-refractivity contribution in [2.45, 2.75) is 32.6 Å². The third-order valence-electron chi connectivity index (χ3n) is 4.00. The first-order valence-corrected chi connectivity index (χ1v) is 8.64. The SMILES string of the molecule is FC1(F)C=CC(F)([S+](c2ccccc2)c2ccccc2)C(F)(F)C1(F)F. The molecule has 0 aliphatic heterocycles. The molecule has 0 saturated heterocycles. The van der Waals surface area contributed by atoms with Gasteiger partial charge in [-0.15, -0.1) is 0 Å². The summed E-state index contributed by atoms with van der Waals surface area (Å²) in [6.07, 6.45) is -0.580. The van der Waals surface area contributed by atoms with Crippen LogP contribution in [0.3, 0.4) is 0 Å². The van der Waals surface area contributed by atoms with Crippen molar-refractivity contribution >= 4 is 10.9 Å². The lowest BCUT2D eigenvalue weighted by molar-refractivity contribution is -0.317. The van der Waals surface area contributed by atoms with Crippen LogP contribution in [0.15, 0.2) is 82.6 Å². The first kappa shape index (κ1) is 18.8. The first-order chi connectivity index (χ1) is 12.0. The first-order valence-electron chi connectivity index (χ1n) is 7.42. The molecule has 0 spiro atoms. The number of hydrogen-bond acceptors (Lipinski definition) is 0. The quantitative estimate of drug-likeness (QED) is 0.348. The standard InChI is InChI=1S/C18H12F7S/c19-15(20)11-12-16(21,18(24,25)17(15,22)23)26(13-7-3-1-4-8-13)14-9-5-2-6-10-14/h1-12H/q+1. The molecule has 0 nitrogen and oxygen atoms in total. The van der Waals surface area contributed by atoms with Crippen molar-refractivity contribution in [3.8, 4) is 0 Å². The smallest absolute Gasteiger partial charge is 0.195 e. The van der Waals surface area contributed by atoms with Crippen LogP contribution in [0.5, 0.6) is 0 Å². The summed E-state index contributed by atoms with van der Waals surface area (Å²) in [7, 11) is -2.27. The summed E-state index contributed by atoms with van der Waals surface area (Å²) < 4.78 is 99.1. The average Bonchev–Trinajstić information content (AvgIpc) is 2.61. The van der Waals surface area contributed by atoms with Gasteiger partial charge < -0.3 is 0 Å². The summed E-state index contributed by atoms with van der Waals surface area (Å²) in [6, 6.07) is 14.0. The molecule has 1 unspecified atom stereocenters. The Bertz CT molecular complexity index is 765. The maximum absolute atomic E-state index is 15.6. The lowest BCUT2D eigenvalue weighted by Crippen LogP contribution is -2.67. The largest absolute Gasteiger partial charge is 0.399 e. The predicted molar refractivity (Wildman–Crippen MR) is 84.6 cm³/mol. The number of benzene rings is 2. The van der Waals surface area contributed by atoms with Crippen LogP contribution in [-0.2, 0) is 10.9 Å². The van der Waals surface area contributed by atoms with Gasteiger partial charge in [-0.2, -0.15) is 30.7 Å². The van der Waals surface area contributed by atoms with Crippen molar-refractivity contribution in [2.75, 3.05) is 0 Å². The van der Waals surface area contributed by atoms with Crippen LogP contribution in [0.4, 0.5) is 30.7 Å². The van der Waals surface area contributed by atoms with Gasteiger partial charge in [0.25, 0.3) is 0 Å². The van der Waals surface area contributed by atoms with Gasteiger partial charge in [-0.3, -0.25) is 0 Å². The van der Waals surface area contributed by atoms with E-state index < -0.39 is 39.7 Å². The average molecular weight is 393 g/mol. The molecular weight excluding hydrogens is 381 g/mol. The van der Waals surface area contributed by atoms with Crippen molar-refractivity contribution in [1.29, 1.82) is 0 Å². The summed E-state index contributed by atoms with van der Waals surface area (Å²) in [5.41, 5.74) is 0. The minimum absolute atomic E-state index is 0.00783. The molecule has 0 heterocycles. The summed E-state index contributed by atoms with van der Waals surface area (Å²) >= 11 is 0. The lowest BCUT2D eigenvalue weighted by Gasteiger charge is -2.40. The molecule has 0 N–H and O–H groups in total. The van der Waals surface area contributed by atoms with Gasteiger partial charge >= 0.3 is 22.8 Å². The van der Waals surface area contributed by atoms with Crippen molar-refractivity contribution in [3.63, 3.8) is 0 Å². The summed E-state index contributed by atoms with van der Waals surface area (Å²) in [5.74, 6) is -16.7. The van der Waals surface area contributed by atoms with Gasteiger partial charge in [0.05, 0.1) is 0 Å². The second-order valence-corrected chi connectivity index (χ2v) is 7.83. The highest BCUT2D eigenvalue weighted by Gasteiger charge is 2.86. The zero-order valence-corrected chi connectivity index (χ0v) is 13.8. The number of halogens is 7. The van der Waals surface area contributed by atoms with Gasteiger partial charge in [0, 0.05) is 6.08 Å². The van der Waals surface area contributed by atoms with Crippen LogP contribution in [0, 0.1) is 0 Å². The van der Waals surface area contributed by atoms with E-state index in [4.69, 9.17) is 0 Å². The summed E-state index contributed by atoms with van der Waals surface area (Å²) in [4.78, 5) is -0.0157. The Morgan fingerprint density at radius 2 is 0.962 bits per heavy atom. The van der Waals surface area contributed by atoms with E-state index in [0.717, 1.165) is 0 Å². The van der Waals surface area contributed by atoms with Gasteiger partial charge in [0.2, 0.25) is 0 Å². The molecule has 3 rings (SSSR count). The fourth-order valence-corrected chi connectivity index (χ4v) is 5.04. The Balaban J connectivity index is 2.27. The van der Waals surface area contributed by atoms with Crippen LogP contribution in [-0.4, -0.2) is 22.8 Å². The molecule has 2 aromatic rings. The molecule has 1 aliphatic carbocycles. The molecule has 0 radical (unpaired) electrons. The predicted octanol–water partition coefficient (Wildman–Crippen LogP) is 5.86. The molecule has 26 heavy (non-hydrogen) atoms. The second-order valence-electron chi connectivity index (χ2n) is 5.68. The zero-order chi connectivity index (χ0) is 19.2. The van der Waals surface area contributed by atoms with E-state index in [1.807, 2.05) is 0 Å². The highest BCUT2D eigenvalue weighted by molar-refractivity contribution is 7.98. The molecule has 0 bridgehead atoms. The monoisotopic (exact) mass is 393 g/mol. The van der Waals surface area contributed by atoms with E-state index in [9.17, 15) is 26.3 Å². The van der Waals surface area contributed by atoms with Gasteiger partial charge in [-0.05, 0) is 30.3 Å². The van der Waals surface area contributed by atoms with Crippen LogP contribution < -0.4 is 0 Å². The Morgan fingerprint density at radius 3 is 1.38 bits per heavy atom. The number of rotatable bonds is 3. The molecule has 1 aliphatic rings. The van der Waals surface area contributed by atoms with E-state index in [-0.39, 0.29) is 15.9 Å². The number of allylic oxidation sites excluding steroid dienone is 1. The van der Waals surface area contributed by atoms with Crippen LogP contribution in [0.1, 0.15) is 0 Å². The van der Waals surface area contributed by atoms with Crippen LogP contribution in [0.2, 0.25) is 0 Å². The van der Waals surface area contributed by atoms with Gasteiger partial charge in [-0.1, -0.05) is 36.4 Å². The Hall–Kier alpha value is -1.96. The molecule has 1 atom stereocenters. The number of alkyl halides is 7. The number of hydrogen-bond donors (Lipinski definition) is 0. The molecule has 0 amide bonds. The zero-order valence-electron chi connectivity index (χ0n) is 13.0. The fourth-order valence-electron chi connectivity index (χ4n) is 2.63. The van der Waals surface area contributed by atoms with Gasteiger partial charge in [0.15, 0.2) is 9.79 Å². The molecule has 138 valence electrons. The summed E-state index contributed by atoms with van der Waals surface area (Å²) in [6.45, 7) is 0. The molecule has 2 aromatic carbocycles.